The fourth-order valence-corrected chi connectivity index (χ4v) is 2.75. The largest absolute Gasteiger partial charge is 0.480 e. The van der Waals surface area contributed by atoms with Crippen molar-refractivity contribution in [3.63, 3.8) is 0 Å². The summed E-state index contributed by atoms with van der Waals surface area (Å²) in [5.41, 5.74) is 0. The molecular weight excluding hydrogens is 356 g/mol. The van der Waals surface area contributed by atoms with E-state index in [-0.39, 0.29) is 24.3 Å². The van der Waals surface area contributed by atoms with E-state index in [0.29, 0.717) is 6.42 Å². The minimum Gasteiger partial charge on any atom is -0.480 e. The van der Waals surface area contributed by atoms with Crippen molar-refractivity contribution in [1.82, 2.24) is 21.3 Å². The summed E-state index contributed by atoms with van der Waals surface area (Å²) in [7, 11) is 0. The Labute approximate surface area is 158 Å². The Morgan fingerprint density at radius 3 is 2.15 bits per heavy atom. The van der Waals surface area contributed by atoms with E-state index in [1.54, 1.807) is 0 Å². The SMILES string of the molecule is CC(C)CC(NC(=O)C(C)NC(=O)C1CCCN1)C(=O)NC(CO)C(=O)O. The van der Waals surface area contributed by atoms with E-state index in [1.165, 1.54) is 6.92 Å². The molecule has 1 aliphatic heterocycles. The molecule has 0 bridgehead atoms. The van der Waals surface area contributed by atoms with Crippen LogP contribution in [0.1, 0.15) is 40.0 Å². The minimum atomic E-state index is -1.45. The number of hydrogen-bond acceptors (Lipinski definition) is 6. The first kappa shape index (κ1) is 22.8. The Balaban J connectivity index is 2.67. The topological polar surface area (TPSA) is 157 Å². The number of amides is 3. The zero-order valence-corrected chi connectivity index (χ0v) is 15.9. The highest BCUT2D eigenvalue weighted by molar-refractivity contribution is 5.93. The van der Waals surface area contributed by atoms with Gasteiger partial charge in [-0.2, -0.15) is 0 Å². The van der Waals surface area contributed by atoms with Gasteiger partial charge >= 0.3 is 5.97 Å². The smallest absolute Gasteiger partial charge is 0.328 e. The zero-order chi connectivity index (χ0) is 20.6. The number of nitrogens with one attached hydrogen (secondary N) is 4. The monoisotopic (exact) mass is 386 g/mol. The van der Waals surface area contributed by atoms with E-state index in [1.807, 2.05) is 13.8 Å². The van der Waals surface area contributed by atoms with Crippen LogP contribution in [0.15, 0.2) is 0 Å². The summed E-state index contributed by atoms with van der Waals surface area (Å²) >= 11 is 0. The number of aliphatic carboxylic acids is 1. The van der Waals surface area contributed by atoms with Crippen LogP contribution in [0.5, 0.6) is 0 Å². The van der Waals surface area contributed by atoms with E-state index >= 15 is 0 Å². The van der Waals surface area contributed by atoms with Gasteiger partial charge in [0.2, 0.25) is 17.7 Å². The lowest BCUT2D eigenvalue weighted by Crippen LogP contribution is -2.57. The van der Waals surface area contributed by atoms with Gasteiger partial charge in [0, 0.05) is 0 Å². The Bertz CT molecular complexity index is 548. The molecule has 3 amide bonds. The molecule has 0 aromatic rings. The van der Waals surface area contributed by atoms with Crippen LogP contribution in [-0.4, -0.2) is 71.2 Å². The molecule has 10 heteroatoms. The molecule has 154 valence electrons. The zero-order valence-electron chi connectivity index (χ0n) is 15.9. The highest BCUT2D eigenvalue weighted by Crippen LogP contribution is 2.07. The van der Waals surface area contributed by atoms with Crippen molar-refractivity contribution in [1.29, 1.82) is 0 Å². The van der Waals surface area contributed by atoms with Gasteiger partial charge in [0.1, 0.15) is 18.1 Å². The molecule has 6 N–H and O–H groups in total. The summed E-state index contributed by atoms with van der Waals surface area (Å²) in [6.45, 7) is 5.21. The molecule has 0 spiro atoms. The van der Waals surface area contributed by atoms with Crippen molar-refractivity contribution in [2.45, 2.75) is 64.2 Å². The number of hydrogen-bond donors (Lipinski definition) is 6. The van der Waals surface area contributed by atoms with Crippen LogP contribution in [-0.2, 0) is 19.2 Å². The van der Waals surface area contributed by atoms with Gasteiger partial charge in [0.25, 0.3) is 0 Å². The standard InChI is InChI=1S/C17H30N4O6/c1-9(2)7-12(16(25)21-13(8-22)17(26)27)20-14(23)10(3)19-15(24)11-5-4-6-18-11/h9-13,18,22H,4-8H2,1-3H3,(H,19,24)(H,20,23)(H,21,25)(H,26,27). The van der Waals surface area contributed by atoms with Gasteiger partial charge in [-0.05, 0) is 38.6 Å². The lowest BCUT2D eigenvalue weighted by Gasteiger charge is -2.24. The number of carboxylic acid groups (broad SMARTS) is 1. The maximum Gasteiger partial charge on any atom is 0.328 e. The second kappa shape index (κ2) is 10.8. The van der Waals surface area contributed by atoms with Crippen molar-refractivity contribution >= 4 is 23.7 Å². The Kier molecular flexibility index (Phi) is 9.16. The van der Waals surface area contributed by atoms with Crippen LogP contribution in [0.2, 0.25) is 0 Å². The molecule has 0 saturated carbocycles. The molecule has 1 saturated heterocycles. The fourth-order valence-electron chi connectivity index (χ4n) is 2.75. The molecule has 0 aromatic carbocycles. The number of aliphatic hydroxyl groups excluding tert-OH is 1. The van der Waals surface area contributed by atoms with Gasteiger partial charge in [-0.25, -0.2) is 4.79 Å². The van der Waals surface area contributed by atoms with Gasteiger partial charge in [0.05, 0.1) is 12.6 Å². The predicted octanol–water partition coefficient (Wildman–Crippen LogP) is -1.66. The third-order valence-corrected chi connectivity index (χ3v) is 4.27. The number of rotatable bonds is 10. The Hall–Kier alpha value is -2.20. The lowest BCUT2D eigenvalue weighted by atomic mass is 10.0. The lowest BCUT2D eigenvalue weighted by molar-refractivity contribution is -0.143. The van der Waals surface area contributed by atoms with Gasteiger partial charge in [-0.3, -0.25) is 14.4 Å². The van der Waals surface area contributed by atoms with Crippen molar-refractivity contribution < 1.29 is 29.4 Å². The third-order valence-electron chi connectivity index (χ3n) is 4.27. The van der Waals surface area contributed by atoms with Crippen LogP contribution in [0.25, 0.3) is 0 Å². The molecule has 0 aliphatic carbocycles. The first-order valence-electron chi connectivity index (χ1n) is 9.13. The maximum atomic E-state index is 12.4. The first-order valence-corrected chi connectivity index (χ1v) is 9.13. The number of carboxylic acids is 1. The highest BCUT2D eigenvalue weighted by atomic mass is 16.4. The second-order valence-corrected chi connectivity index (χ2v) is 7.15. The first-order chi connectivity index (χ1) is 12.6. The molecular formula is C17H30N4O6. The summed E-state index contributed by atoms with van der Waals surface area (Å²) in [6.07, 6.45) is 1.88. The van der Waals surface area contributed by atoms with E-state index in [2.05, 4.69) is 21.3 Å². The van der Waals surface area contributed by atoms with Crippen LogP contribution in [0.4, 0.5) is 0 Å². The number of carbonyl (C=O) groups is 4. The van der Waals surface area contributed by atoms with Gasteiger partial charge in [0.15, 0.2) is 0 Å². The van der Waals surface area contributed by atoms with E-state index in [4.69, 9.17) is 10.2 Å². The van der Waals surface area contributed by atoms with E-state index in [0.717, 1.165) is 13.0 Å². The van der Waals surface area contributed by atoms with Gasteiger partial charge < -0.3 is 31.5 Å². The third kappa shape index (κ3) is 7.51. The van der Waals surface area contributed by atoms with Crippen molar-refractivity contribution in [3.8, 4) is 0 Å². The van der Waals surface area contributed by atoms with Gasteiger partial charge in [-0.15, -0.1) is 0 Å². The van der Waals surface area contributed by atoms with Crippen molar-refractivity contribution in [3.05, 3.63) is 0 Å². The molecule has 4 unspecified atom stereocenters. The Morgan fingerprint density at radius 1 is 1.04 bits per heavy atom. The molecule has 1 aliphatic rings. The van der Waals surface area contributed by atoms with Crippen molar-refractivity contribution in [2.24, 2.45) is 5.92 Å². The molecule has 0 aromatic heterocycles. The average molecular weight is 386 g/mol. The molecule has 27 heavy (non-hydrogen) atoms. The quantitative estimate of drug-likeness (QED) is 0.262. The molecule has 1 heterocycles. The summed E-state index contributed by atoms with van der Waals surface area (Å²) < 4.78 is 0. The summed E-state index contributed by atoms with van der Waals surface area (Å²) in [6, 6.07) is -3.60. The normalized spacial score (nSPS) is 19.8. The molecule has 1 rings (SSSR count). The van der Waals surface area contributed by atoms with Crippen molar-refractivity contribution in [2.75, 3.05) is 13.2 Å². The molecule has 0 radical (unpaired) electrons. The number of carbonyl (C=O) groups excluding carboxylic acids is 3. The van der Waals surface area contributed by atoms with Crippen LogP contribution in [0, 0.1) is 5.92 Å². The fraction of sp³-hybridized carbons (Fsp3) is 0.765. The predicted molar refractivity (Wildman–Crippen MR) is 96.7 cm³/mol. The Morgan fingerprint density at radius 2 is 1.67 bits per heavy atom. The van der Waals surface area contributed by atoms with Crippen LogP contribution in [0.3, 0.4) is 0 Å². The summed E-state index contributed by atoms with van der Waals surface area (Å²) in [5.74, 6) is -2.84. The second-order valence-electron chi connectivity index (χ2n) is 7.15. The minimum absolute atomic E-state index is 0.0473. The highest BCUT2D eigenvalue weighted by Gasteiger charge is 2.29. The van der Waals surface area contributed by atoms with Gasteiger partial charge in [-0.1, -0.05) is 13.8 Å². The molecule has 4 atom stereocenters. The van der Waals surface area contributed by atoms with Crippen LogP contribution < -0.4 is 21.3 Å². The molecule has 10 nitrogen and oxygen atoms in total. The summed E-state index contributed by atoms with van der Waals surface area (Å²) in [4.78, 5) is 47.8. The van der Waals surface area contributed by atoms with Crippen LogP contribution >= 0.6 is 0 Å². The average Bonchev–Trinajstić information content (AvgIpc) is 3.12. The van der Waals surface area contributed by atoms with E-state index < -0.39 is 42.5 Å². The number of aliphatic hydroxyl groups is 1. The van der Waals surface area contributed by atoms with E-state index in [9.17, 15) is 19.2 Å². The molecule has 1 fully saturated rings. The summed E-state index contributed by atoms with van der Waals surface area (Å²) in [5, 5.41) is 28.4. The maximum absolute atomic E-state index is 12.4.